The molecule has 1 saturated carbocycles. The zero-order valence-corrected chi connectivity index (χ0v) is 12.4. The molecule has 3 rings (SSSR count). The van der Waals surface area contributed by atoms with Crippen LogP contribution in [-0.2, 0) is 9.59 Å². The summed E-state index contributed by atoms with van der Waals surface area (Å²) in [6.07, 6.45) is 0.688. The van der Waals surface area contributed by atoms with E-state index >= 15 is 0 Å². The lowest BCUT2D eigenvalue weighted by molar-refractivity contribution is -0.123. The van der Waals surface area contributed by atoms with Crippen molar-refractivity contribution in [1.82, 2.24) is 4.98 Å². The molecule has 0 N–H and O–H groups in total. The fourth-order valence-corrected chi connectivity index (χ4v) is 3.49. The van der Waals surface area contributed by atoms with Crippen LogP contribution in [0.25, 0.3) is 10.6 Å². The Bertz CT molecular complexity index is 674. The zero-order valence-electron chi connectivity index (χ0n) is 10.9. The van der Waals surface area contributed by atoms with Crippen LogP contribution in [-0.4, -0.2) is 16.6 Å². The van der Waals surface area contributed by atoms with Crippen molar-refractivity contribution in [3.8, 4) is 10.6 Å². The van der Waals surface area contributed by atoms with Gasteiger partial charge in [0, 0.05) is 28.3 Å². The molecule has 20 heavy (non-hydrogen) atoms. The van der Waals surface area contributed by atoms with Gasteiger partial charge < -0.3 is 0 Å². The second-order valence-electron chi connectivity index (χ2n) is 4.83. The SMILES string of the molecule is Cc1sc(-c2ccc(Cl)cc2)nc1C1C(=O)CCC1=O. The van der Waals surface area contributed by atoms with Crippen molar-refractivity contribution in [3.05, 3.63) is 39.9 Å². The lowest BCUT2D eigenvalue weighted by Crippen LogP contribution is -2.13. The highest BCUT2D eigenvalue weighted by atomic mass is 35.5. The summed E-state index contributed by atoms with van der Waals surface area (Å²) in [5.41, 5.74) is 1.58. The number of hydrogen-bond acceptors (Lipinski definition) is 4. The van der Waals surface area contributed by atoms with Crippen LogP contribution in [0.4, 0.5) is 0 Å². The number of thiazole rings is 1. The summed E-state index contributed by atoms with van der Waals surface area (Å²) in [4.78, 5) is 29.2. The van der Waals surface area contributed by atoms with E-state index < -0.39 is 5.92 Å². The Morgan fingerprint density at radius 3 is 2.35 bits per heavy atom. The van der Waals surface area contributed by atoms with E-state index in [0.717, 1.165) is 15.4 Å². The van der Waals surface area contributed by atoms with Gasteiger partial charge in [0.25, 0.3) is 0 Å². The number of halogens is 1. The average molecular weight is 306 g/mol. The van der Waals surface area contributed by atoms with Crippen molar-refractivity contribution in [3.63, 3.8) is 0 Å². The Labute approximate surface area is 125 Å². The number of benzene rings is 1. The fraction of sp³-hybridized carbons (Fsp3) is 0.267. The van der Waals surface area contributed by atoms with Crippen LogP contribution in [0.15, 0.2) is 24.3 Å². The summed E-state index contributed by atoms with van der Waals surface area (Å²) in [6, 6.07) is 7.39. The van der Waals surface area contributed by atoms with Gasteiger partial charge in [0.05, 0.1) is 5.69 Å². The molecule has 1 heterocycles. The lowest BCUT2D eigenvalue weighted by atomic mass is 10.0. The maximum Gasteiger partial charge on any atom is 0.149 e. The number of aryl methyl sites for hydroxylation is 1. The van der Waals surface area contributed by atoms with E-state index in [2.05, 4.69) is 4.98 Å². The molecule has 0 bridgehead atoms. The van der Waals surface area contributed by atoms with Gasteiger partial charge in [0.2, 0.25) is 0 Å². The number of carbonyl (C=O) groups is 2. The van der Waals surface area contributed by atoms with Gasteiger partial charge in [-0.05, 0) is 19.1 Å². The van der Waals surface area contributed by atoms with Crippen molar-refractivity contribution in [2.24, 2.45) is 0 Å². The topological polar surface area (TPSA) is 47.0 Å². The van der Waals surface area contributed by atoms with Crippen molar-refractivity contribution in [1.29, 1.82) is 0 Å². The average Bonchev–Trinajstić information content (AvgIpc) is 2.94. The van der Waals surface area contributed by atoms with E-state index in [0.29, 0.717) is 23.6 Å². The van der Waals surface area contributed by atoms with Gasteiger partial charge in [-0.2, -0.15) is 0 Å². The third-order valence-corrected chi connectivity index (χ3v) is 4.75. The number of aromatic nitrogens is 1. The van der Waals surface area contributed by atoms with Crippen LogP contribution in [0.2, 0.25) is 5.02 Å². The minimum Gasteiger partial charge on any atom is -0.298 e. The molecule has 1 aliphatic carbocycles. The summed E-state index contributed by atoms with van der Waals surface area (Å²) < 4.78 is 0. The predicted octanol–water partition coefficient (Wildman–Crippen LogP) is 3.79. The monoisotopic (exact) mass is 305 g/mol. The van der Waals surface area contributed by atoms with Gasteiger partial charge in [0.1, 0.15) is 22.5 Å². The van der Waals surface area contributed by atoms with Gasteiger partial charge in [-0.25, -0.2) is 4.98 Å². The second-order valence-corrected chi connectivity index (χ2v) is 6.47. The van der Waals surface area contributed by atoms with E-state index in [1.165, 1.54) is 11.3 Å². The molecule has 1 aromatic carbocycles. The van der Waals surface area contributed by atoms with E-state index in [1.54, 1.807) is 12.1 Å². The van der Waals surface area contributed by atoms with E-state index in [9.17, 15) is 9.59 Å². The number of hydrogen-bond donors (Lipinski definition) is 0. The van der Waals surface area contributed by atoms with E-state index in [1.807, 2.05) is 19.1 Å². The Balaban J connectivity index is 2.01. The first-order valence-electron chi connectivity index (χ1n) is 6.35. The third-order valence-electron chi connectivity index (χ3n) is 3.46. The highest BCUT2D eigenvalue weighted by Gasteiger charge is 2.37. The fourth-order valence-electron chi connectivity index (χ4n) is 2.41. The minimum atomic E-state index is -0.646. The maximum atomic E-state index is 11.9. The first-order chi connectivity index (χ1) is 9.56. The van der Waals surface area contributed by atoms with Crippen LogP contribution in [0.5, 0.6) is 0 Å². The molecule has 0 spiro atoms. The number of ketones is 2. The van der Waals surface area contributed by atoms with Crippen molar-refractivity contribution >= 4 is 34.5 Å². The van der Waals surface area contributed by atoms with Crippen LogP contribution in [0.1, 0.15) is 29.3 Å². The number of nitrogens with zero attached hydrogens (tertiary/aromatic N) is 1. The molecule has 5 heteroatoms. The first kappa shape index (κ1) is 13.5. The number of carbonyl (C=O) groups excluding carboxylic acids is 2. The Kier molecular flexibility index (Phi) is 3.44. The van der Waals surface area contributed by atoms with E-state index in [-0.39, 0.29) is 11.6 Å². The molecule has 2 aromatic rings. The molecule has 0 atom stereocenters. The standard InChI is InChI=1S/C15H12ClNO2S/c1-8-14(13-11(18)6-7-12(13)19)17-15(20-8)9-2-4-10(16)5-3-9/h2-5,13H,6-7H2,1H3. The Morgan fingerprint density at radius 2 is 1.75 bits per heavy atom. The zero-order chi connectivity index (χ0) is 14.3. The molecule has 1 fully saturated rings. The van der Waals surface area contributed by atoms with Crippen LogP contribution in [0.3, 0.4) is 0 Å². The van der Waals surface area contributed by atoms with Crippen LogP contribution >= 0.6 is 22.9 Å². The highest BCUT2D eigenvalue weighted by Crippen LogP contribution is 2.35. The number of rotatable bonds is 2. The third kappa shape index (κ3) is 2.30. The second kappa shape index (κ2) is 5.11. The number of Topliss-reactive ketones (excluding diaryl/α,β-unsaturated/α-hetero) is 2. The van der Waals surface area contributed by atoms with Crippen LogP contribution < -0.4 is 0 Å². The Hall–Kier alpha value is -1.52. The largest absolute Gasteiger partial charge is 0.298 e. The summed E-state index contributed by atoms with van der Waals surface area (Å²) >= 11 is 7.38. The highest BCUT2D eigenvalue weighted by molar-refractivity contribution is 7.15. The Morgan fingerprint density at radius 1 is 1.15 bits per heavy atom. The normalized spacial score (nSPS) is 16.1. The summed E-state index contributed by atoms with van der Waals surface area (Å²) in [7, 11) is 0. The van der Waals surface area contributed by atoms with Gasteiger partial charge in [-0.15, -0.1) is 11.3 Å². The van der Waals surface area contributed by atoms with E-state index in [4.69, 9.17) is 11.6 Å². The predicted molar refractivity (Wildman–Crippen MR) is 79.3 cm³/mol. The molecule has 0 saturated heterocycles. The van der Waals surface area contributed by atoms with Gasteiger partial charge in [-0.3, -0.25) is 9.59 Å². The summed E-state index contributed by atoms with van der Waals surface area (Å²) in [5.74, 6) is -0.663. The molecule has 3 nitrogen and oxygen atoms in total. The van der Waals surface area contributed by atoms with Gasteiger partial charge in [-0.1, -0.05) is 23.7 Å². The van der Waals surface area contributed by atoms with Crippen molar-refractivity contribution < 1.29 is 9.59 Å². The summed E-state index contributed by atoms with van der Waals surface area (Å²) in [6.45, 7) is 1.91. The van der Waals surface area contributed by atoms with Crippen molar-refractivity contribution in [2.75, 3.05) is 0 Å². The molecule has 0 aliphatic heterocycles. The summed E-state index contributed by atoms with van der Waals surface area (Å²) in [5, 5.41) is 1.49. The van der Waals surface area contributed by atoms with Crippen molar-refractivity contribution in [2.45, 2.75) is 25.7 Å². The quantitative estimate of drug-likeness (QED) is 0.793. The molecular weight excluding hydrogens is 294 g/mol. The molecule has 1 aromatic heterocycles. The smallest absolute Gasteiger partial charge is 0.149 e. The van der Waals surface area contributed by atoms with Crippen LogP contribution in [0, 0.1) is 6.92 Å². The van der Waals surface area contributed by atoms with Gasteiger partial charge in [0.15, 0.2) is 0 Å². The molecular formula is C15H12ClNO2S. The molecule has 0 radical (unpaired) electrons. The molecule has 0 unspecified atom stereocenters. The molecule has 1 aliphatic rings. The molecule has 102 valence electrons. The lowest BCUT2D eigenvalue weighted by Gasteiger charge is -2.03. The molecule has 0 amide bonds. The minimum absolute atomic E-state index is 0.00828. The van der Waals surface area contributed by atoms with Gasteiger partial charge >= 0.3 is 0 Å². The maximum absolute atomic E-state index is 11.9. The first-order valence-corrected chi connectivity index (χ1v) is 7.54.